The van der Waals surface area contributed by atoms with Gasteiger partial charge in [0.2, 0.25) is 5.91 Å². The van der Waals surface area contributed by atoms with Gasteiger partial charge in [0, 0.05) is 19.4 Å². The molecule has 25 heavy (non-hydrogen) atoms. The minimum absolute atomic E-state index is 0.0176. The average molecular weight is 356 g/mol. The van der Waals surface area contributed by atoms with Crippen LogP contribution in [-0.2, 0) is 4.79 Å². The van der Waals surface area contributed by atoms with E-state index in [-0.39, 0.29) is 17.9 Å². The van der Waals surface area contributed by atoms with Gasteiger partial charge in [0.05, 0.1) is 18.2 Å². The normalized spacial score (nSPS) is 24.7. The molecular formula is C21H41NO3. The second-order valence-corrected chi connectivity index (χ2v) is 7.96. The number of likely N-dealkylation sites (tertiary alicyclic amines) is 1. The number of aliphatic hydroxyl groups excluding tert-OH is 2. The van der Waals surface area contributed by atoms with Crippen molar-refractivity contribution in [3.05, 3.63) is 0 Å². The quantitative estimate of drug-likeness (QED) is 0.485. The minimum atomic E-state index is -0.605. The molecule has 0 aromatic heterocycles. The predicted molar refractivity (Wildman–Crippen MR) is 103 cm³/mol. The monoisotopic (exact) mass is 355 g/mol. The molecular weight excluding hydrogens is 314 g/mol. The van der Waals surface area contributed by atoms with Gasteiger partial charge in [0.1, 0.15) is 0 Å². The van der Waals surface area contributed by atoms with Crippen molar-refractivity contribution >= 4 is 5.91 Å². The molecule has 0 aliphatic carbocycles. The molecule has 2 N–H and O–H groups in total. The summed E-state index contributed by atoms with van der Waals surface area (Å²) in [5.41, 5.74) is 0. The van der Waals surface area contributed by atoms with Crippen LogP contribution in [0.4, 0.5) is 0 Å². The number of hydrogen-bond acceptors (Lipinski definition) is 3. The van der Waals surface area contributed by atoms with Gasteiger partial charge in [0.25, 0.3) is 0 Å². The Labute approximate surface area is 155 Å². The van der Waals surface area contributed by atoms with Gasteiger partial charge < -0.3 is 15.1 Å². The Morgan fingerprint density at radius 3 is 1.92 bits per heavy atom. The lowest BCUT2D eigenvalue weighted by Gasteiger charge is -2.21. The van der Waals surface area contributed by atoms with E-state index in [0.29, 0.717) is 6.54 Å². The molecule has 4 heteroatoms. The first-order chi connectivity index (χ1) is 12.0. The van der Waals surface area contributed by atoms with Gasteiger partial charge in [-0.3, -0.25) is 4.79 Å². The second kappa shape index (κ2) is 12.7. The SMILES string of the molecule is CCCCCCCCCCCCC[C@@H](O)[C@@H]1CN(C(C)=O)[C@H](C)[C@H]1O. The Balaban J connectivity index is 2.04. The number of aliphatic hydroxyl groups is 2. The summed E-state index contributed by atoms with van der Waals surface area (Å²) in [5.74, 6) is -0.210. The minimum Gasteiger partial charge on any atom is -0.393 e. The van der Waals surface area contributed by atoms with Crippen molar-refractivity contribution in [1.29, 1.82) is 0 Å². The van der Waals surface area contributed by atoms with E-state index in [4.69, 9.17) is 0 Å². The van der Waals surface area contributed by atoms with Gasteiger partial charge in [0.15, 0.2) is 0 Å². The second-order valence-electron chi connectivity index (χ2n) is 7.96. The van der Waals surface area contributed by atoms with Gasteiger partial charge in [-0.15, -0.1) is 0 Å². The number of amides is 1. The molecule has 1 aliphatic rings. The van der Waals surface area contributed by atoms with E-state index in [0.717, 1.165) is 19.3 Å². The molecule has 1 aliphatic heterocycles. The van der Waals surface area contributed by atoms with Crippen molar-refractivity contribution in [1.82, 2.24) is 4.90 Å². The molecule has 1 fully saturated rings. The van der Waals surface area contributed by atoms with Crippen molar-refractivity contribution in [3.63, 3.8) is 0 Å². The Bertz CT molecular complexity index is 361. The summed E-state index contributed by atoms with van der Waals surface area (Å²) in [6, 6.07) is -0.186. The van der Waals surface area contributed by atoms with Gasteiger partial charge >= 0.3 is 0 Å². The summed E-state index contributed by atoms with van der Waals surface area (Å²) in [4.78, 5) is 13.2. The number of nitrogens with zero attached hydrogens (tertiary/aromatic N) is 1. The van der Waals surface area contributed by atoms with E-state index in [9.17, 15) is 15.0 Å². The summed E-state index contributed by atoms with van der Waals surface area (Å²) in [6.07, 6.45) is 13.9. The van der Waals surface area contributed by atoms with Gasteiger partial charge in [-0.25, -0.2) is 0 Å². The number of carbonyl (C=O) groups excluding carboxylic acids is 1. The van der Waals surface area contributed by atoms with Crippen LogP contribution in [0.2, 0.25) is 0 Å². The van der Waals surface area contributed by atoms with E-state index in [1.807, 2.05) is 6.92 Å². The first kappa shape index (κ1) is 22.4. The summed E-state index contributed by atoms with van der Waals surface area (Å²) in [6.45, 7) is 6.13. The Hall–Kier alpha value is -0.610. The zero-order valence-corrected chi connectivity index (χ0v) is 16.8. The van der Waals surface area contributed by atoms with E-state index < -0.39 is 12.2 Å². The lowest BCUT2D eigenvalue weighted by molar-refractivity contribution is -0.130. The first-order valence-electron chi connectivity index (χ1n) is 10.6. The summed E-state index contributed by atoms with van der Waals surface area (Å²) in [7, 11) is 0. The van der Waals surface area contributed by atoms with Crippen molar-refractivity contribution < 1.29 is 15.0 Å². The van der Waals surface area contributed by atoms with Crippen LogP contribution in [0.15, 0.2) is 0 Å². The van der Waals surface area contributed by atoms with E-state index in [1.54, 1.807) is 4.90 Å². The van der Waals surface area contributed by atoms with Gasteiger partial charge in [-0.05, 0) is 13.3 Å². The third-order valence-electron chi connectivity index (χ3n) is 5.83. The zero-order valence-electron chi connectivity index (χ0n) is 16.8. The highest BCUT2D eigenvalue weighted by molar-refractivity contribution is 5.74. The number of hydrogen-bond donors (Lipinski definition) is 2. The van der Waals surface area contributed by atoms with E-state index in [1.165, 1.54) is 64.7 Å². The van der Waals surface area contributed by atoms with Crippen LogP contribution in [-0.4, -0.2) is 45.8 Å². The summed E-state index contributed by atoms with van der Waals surface area (Å²) < 4.78 is 0. The topological polar surface area (TPSA) is 60.8 Å². The Morgan fingerprint density at radius 2 is 1.48 bits per heavy atom. The molecule has 0 bridgehead atoms. The number of rotatable bonds is 13. The van der Waals surface area contributed by atoms with Crippen LogP contribution in [0.3, 0.4) is 0 Å². The molecule has 1 rings (SSSR count). The highest BCUT2D eigenvalue weighted by Gasteiger charge is 2.42. The van der Waals surface area contributed by atoms with E-state index >= 15 is 0 Å². The third-order valence-corrected chi connectivity index (χ3v) is 5.83. The van der Waals surface area contributed by atoms with Crippen molar-refractivity contribution in [2.24, 2.45) is 5.92 Å². The molecule has 0 aromatic rings. The van der Waals surface area contributed by atoms with Crippen LogP contribution in [0.5, 0.6) is 0 Å². The van der Waals surface area contributed by atoms with Crippen LogP contribution in [0.1, 0.15) is 97.8 Å². The highest BCUT2D eigenvalue weighted by Crippen LogP contribution is 2.28. The Kier molecular flexibility index (Phi) is 11.4. The molecule has 4 nitrogen and oxygen atoms in total. The summed E-state index contributed by atoms with van der Waals surface area (Å²) >= 11 is 0. The average Bonchev–Trinajstić information content (AvgIpc) is 2.88. The van der Waals surface area contributed by atoms with E-state index in [2.05, 4.69) is 6.92 Å². The van der Waals surface area contributed by atoms with Gasteiger partial charge in [-0.1, -0.05) is 77.6 Å². The maximum Gasteiger partial charge on any atom is 0.219 e. The molecule has 1 saturated heterocycles. The molecule has 0 unspecified atom stereocenters. The largest absolute Gasteiger partial charge is 0.393 e. The third kappa shape index (κ3) is 8.08. The van der Waals surface area contributed by atoms with Crippen molar-refractivity contribution in [2.45, 2.75) is 116 Å². The fourth-order valence-electron chi connectivity index (χ4n) is 4.04. The smallest absolute Gasteiger partial charge is 0.219 e. The molecule has 1 amide bonds. The molecule has 0 aromatic carbocycles. The molecule has 0 saturated carbocycles. The molecule has 148 valence electrons. The summed E-state index contributed by atoms with van der Waals surface area (Å²) in [5, 5.41) is 20.7. The van der Waals surface area contributed by atoms with Crippen LogP contribution in [0, 0.1) is 5.92 Å². The maximum absolute atomic E-state index is 11.6. The number of unbranched alkanes of at least 4 members (excludes halogenated alkanes) is 10. The maximum atomic E-state index is 11.6. The highest BCUT2D eigenvalue weighted by atomic mass is 16.3. The zero-order chi connectivity index (χ0) is 18.7. The molecule has 0 radical (unpaired) electrons. The van der Waals surface area contributed by atoms with Crippen LogP contribution in [0.25, 0.3) is 0 Å². The Morgan fingerprint density at radius 1 is 1.00 bits per heavy atom. The standard InChI is InChI=1S/C21H41NO3/c1-4-5-6-7-8-9-10-11-12-13-14-15-20(24)19-16-22(18(3)23)17(2)21(19)25/h17,19-21,24-25H,4-16H2,1-3H3/t17-,19+,20-,21-/m1/s1. The predicted octanol–water partition coefficient (Wildman–Crippen LogP) is 4.28. The first-order valence-corrected chi connectivity index (χ1v) is 10.6. The number of carbonyl (C=O) groups is 1. The van der Waals surface area contributed by atoms with Crippen LogP contribution >= 0.6 is 0 Å². The fraction of sp³-hybridized carbons (Fsp3) is 0.952. The lowest BCUT2D eigenvalue weighted by Crippen LogP contribution is -2.36. The molecule has 0 spiro atoms. The molecule has 1 heterocycles. The molecule has 4 atom stereocenters. The fourth-order valence-corrected chi connectivity index (χ4v) is 4.04. The van der Waals surface area contributed by atoms with Crippen molar-refractivity contribution in [2.75, 3.05) is 6.54 Å². The van der Waals surface area contributed by atoms with Crippen molar-refractivity contribution in [3.8, 4) is 0 Å². The van der Waals surface area contributed by atoms with Gasteiger partial charge in [-0.2, -0.15) is 0 Å². The van der Waals surface area contributed by atoms with Crippen LogP contribution < -0.4 is 0 Å². The lowest BCUT2D eigenvalue weighted by atomic mass is 9.92.